The predicted octanol–water partition coefficient (Wildman–Crippen LogP) is 3.27. The van der Waals surface area contributed by atoms with E-state index in [2.05, 4.69) is 37.4 Å². The summed E-state index contributed by atoms with van der Waals surface area (Å²) < 4.78 is 0. The zero-order valence-electron chi connectivity index (χ0n) is 10.9. The average molecular weight is 233 g/mol. The molecule has 2 rings (SSSR count). The van der Waals surface area contributed by atoms with Gasteiger partial charge in [-0.2, -0.15) is 0 Å². The van der Waals surface area contributed by atoms with Gasteiger partial charge in [0.1, 0.15) is 0 Å². The maximum Gasteiger partial charge on any atom is 0.0540 e. The lowest BCUT2D eigenvalue weighted by Gasteiger charge is -2.26. The summed E-state index contributed by atoms with van der Waals surface area (Å²) in [5.41, 5.74) is 3.95. The fraction of sp³-hybridized carbons (Fsp3) is 0.600. The van der Waals surface area contributed by atoms with Crippen LogP contribution in [0.4, 0.5) is 5.69 Å². The Kier molecular flexibility index (Phi) is 4.06. The van der Waals surface area contributed by atoms with Crippen LogP contribution in [0.2, 0.25) is 0 Å². The number of aliphatic hydroxyl groups excluding tert-OH is 1. The molecular weight excluding hydrogens is 210 g/mol. The van der Waals surface area contributed by atoms with Gasteiger partial charge in [-0.3, -0.25) is 0 Å². The number of aryl methyl sites for hydroxylation is 1. The molecule has 0 aliphatic heterocycles. The number of anilines is 1. The number of nitrogens with one attached hydrogen (secondary N) is 1. The zero-order valence-corrected chi connectivity index (χ0v) is 10.9. The molecule has 1 saturated carbocycles. The Morgan fingerprint density at radius 3 is 2.59 bits per heavy atom. The van der Waals surface area contributed by atoms with Gasteiger partial charge in [-0.15, -0.1) is 0 Å². The first-order valence-electron chi connectivity index (χ1n) is 6.65. The van der Waals surface area contributed by atoms with E-state index in [4.69, 9.17) is 0 Å². The minimum Gasteiger partial charge on any atom is -0.393 e. The molecule has 0 spiro atoms. The quantitative estimate of drug-likeness (QED) is 0.840. The van der Waals surface area contributed by atoms with Crippen LogP contribution in [0.5, 0.6) is 0 Å². The molecule has 0 unspecified atom stereocenters. The highest BCUT2D eigenvalue weighted by atomic mass is 16.3. The highest BCUT2D eigenvalue weighted by Crippen LogP contribution is 2.25. The van der Waals surface area contributed by atoms with E-state index in [1.807, 2.05) is 0 Å². The van der Waals surface area contributed by atoms with Gasteiger partial charge in [0, 0.05) is 12.2 Å². The summed E-state index contributed by atoms with van der Waals surface area (Å²) in [7, 11) is 0. The first kappa shape index (κ1) is 12.4. The van der Waals surface area contributed by atoms with Crippen molar-refractivity contribution in [1.29, 1.82) is 0 Å². The summed E-state index contributed by atoms with van der Waals surface area (Å²) in [6.45, 7) is 5.36. The molecule has 0 amide bonds. The maximum atomic E-state index is 9.47. The van der Waals surface area contributed by atoms with Gasteiger partial charge in [0.15, 0.2) is 0 Å². The molecule has 0 saturated heterocycles. The molecule has 1 aliphatic carbocycles. The molecule has 2 N–H and O–H groups in total. The lowest BCUT2D eigenvalue weighted by molar-refractivity contribution is 0.111. The second kappa shape index (κ2) is 5.54. The summed E-state index contributed by atoms with van der Waals surface area (Å²) in [6, 6.07) is 6.41. The number of hydrogen-bond donors (Lipinski definition) is 2. The summed E-state index contributed by atoms with van der Waals surface area (Å²) in [5, 5.41) is 13.0. The van der Waals surface area contributed by atoms with Crippen molar-refractivity contribution in [3.8, 4) is 0 Å². The molecule has 2 heteroatoms. The Hall–Kier alpha value is -1.02. The molecule has 2 nitrogen and oxygen atoms in total. The third-order valence-corrected chi connectivity index (χ3v) is 4.00. The Morgan fingerprint density at radius 2 is 1.88 bits per heavy atom. The fourth-order valence-corrected chi connectivity index (χ4v) is 2.55. The van der Waals surface area contributed by atoms with Crippen LogP contribution in [0, 0.1) is 19.8 Å². The number of benzene rings is 1. The van der Waals surface area contributed by atoms with E-state index in [0.717, 1.165) is 38.1 Å². The SMILES string of the molecule is Cc1cccc(NCC2CCC(O)CC2)c1C. The summed E-state index contributed by atoms with van der Waals surface area (Å²) >= 11 is 0. The second-order valence-electron chi connectivity index (χ2n) is 5.30. The Morgan fingerprint density at radius 1 is 1.18 bits per heavy atom. The molecule has 1 fully saturated rings. The highest BCUT2D eigenvalue weighted by Gasteiger charge is 2.19. The van der Waals surface area contributed by atoms with Gasteiger partial charge in [0.25, 0.3) is 0 Å². The number of hydrogen-bond acceptors (Lipinski definition) is 2. The Labute approximate surface area is 104 Å². The van der Waals surface area contributed by atoms with Gasteiger partial charge in [-0.25, -0.2) is 0 Å². The van der Waals surface area contributed by atoms with Crippen molar-refractivity contribution < 1.29 is 5.11 Å². The molecule has 94 valence electrons. The van der Waals surface area contributed by atoms with E-state index >= 15 is 0 Å². The van der Waals surface area contributed by atoms with Crippen LogP contribution in [0.1, 0.15) is 36.8 Å². The van der Waals surface area contributed by atoms with Crippen LogP contribution in [0.25, 0.3) is 0 Å². The molecule has 0 atom stereocenters. The third kappa shape index (κ3) is 3.22. The van der Waals surface area contributed by atoms with Crippen LogP contribution >= 0.6 is 0 Å². The molecule has 1 aliphatic rings. The van der Waals surface area contributed by atoms with E-state index in [-0.39, 0.29) is 6.10 Å². The molecule has 0 aromatic heterocycles. The van der Waals surface area contributed by atoms with Gasteiger partial charge in [0.05, 0.1) is 6.10 Å². The van der Waals surface area contributed by atoms with E-state index in [1.54, 1.807) is 0 Å². The smallest absolute Gasteiger partial charge is 0.0540 e. The van der Waals surface area contributed by atoms with Crippen LogP contribution < -0.4 is 5.32 Å². The zero-order chi connectivity index (χ0) is 12.3. The maximum absolute atomic E-state index is 9.47. The van der Waals surface area contributed by atoms with E-state index in [0.29, 0.717) is 0 Å². The van der Waals surface area contributed by atoms with Crippen molar-refractivity contribution in [1.82, 2.24) is 0 Å². The number of rotatable bonds is 3. The standard InChI is InChI=1S/C15H23NO/c1-11-4-3-5-15(12(11)2)16-10-13-6-8-14(17)9-7-13/h3-5,13-14,16-17H,6-10H2,1-2H3. The minimum atomic E-state index is -0.0491. The Bertz CT molecular complexity index is 367. The first-order valence-corrected chi connectivity index (χ1v) is 6.65. The minimum absolute atomic E-state index is 0.0491. The van der Waals surface area contributed by atoms with Crippen LogP contribution in [0.3, 0.4) is 0 Å². The van der Waals surface area contributed by atoms with E-state index < -0.39 is 0 Å². The molecule has 1 aromatic rings. The Balaban J connectivity index is 1.87. The fourth-order valence-electron chi connectivity index (χ4n) is 2.55. The highest BCUT2D eigenvalue weighted by molar-refractivity contribution is 5.53. The normalized spacial score (nSPS) is 24.6. The van der Waals surface area contributed by atoms with Gasteiger partial charge < -0.3 is 10.4 Å². The molecule has 0 bridgehead atoms. The van der Waals surface area contributed by atoms with Gasteiger partial charge in [0.2, 0.25) is 0 Å². The summed E-state index contributed by atoms with van der Waals surface area (Å²) in [6.07, 6.45) is 4.20. The van der Waals surface area contributed by atoms with Crippen molar-refractivity contribution in [2.24, 2.45) is 5.92 Å². The van der Waals surface area contributed by atoms with E-state index in [1.165, 1.54) is 16.8 Å². The third-order valence-electron chi connectivity index (χ3n) is 4.00. The van der Waals surface area contributed by atoms with Gasteiger partial charge in [-0.1, -0.05) is 12.1 Å². The van der Waals surface area contributed by atoms with Crippen molar-refractivity contribution in [2.75, 3.05) is 11.9 Å². The van der Waals surface area contributed by atoms with Crippen LogP contribution in [-0.2, 0) is 0 Å². The summed E-state index contributed by atoms with van der Waals surface area (Å²) in [5.74, 6) is 0.721. The molecular formula is C15H23NO. The molecule has 1 aromatic carbocycles. The second-order valence-corrected chi connectivity index (χ2v) is 5.30. The van der Waals surface area contributed by atoms with Crippen LogP contribution in [-0.4, -0.2) is 17.8 Å². The molecule has 0 heterocycles. The predicted molar refractivity (Wildman–Crippen MR) is 72.4 cm³/mol. The first-order chi connectivity index (χ1) is 8.16. The van der Waals surface area contributed by atoms with Crippen molar-refractivity contribution >= 4 is 5.69 Å². The number of aliphatic hydroxyl groups is 1. The lowest BCUT2D eigenvalue weighted by Crippen LogP contribution is -2.23. The van der Waals surface area contributed by atoms with Crippen molar-refractivity contribution in [3.63, 3.8) is 0 Å². The van der Waals surface area contributed by atoms with Gasteiger partial charge in [-0.05, 0) is 62.6 Å². The van der Waals surface area contributed by atoms with Crippen molar-refractivity contribution in [3.05, 3.63) is 29.3 Å². The van der Waals surface area contributed by atoms with Gasteiger partial charge >= 0.3 is 0 Å². The van der Waals surface area contributed by atoms with Crippen LogP contribution in [0.15, 0.2) is 18.2 Å². The average Bonchev–Trinajstić information content (AvgIpc) is 2.33. The van der Waals surface area contributed by atoms with E-state index in [9.17, 15) is 5.11 Å². The van der Waals surface area contributed by atoms with Crippen molar-refractivity contribution in [2.45, 2.75) is 45.6 Å². The monoisotopic (exact) mass is 233 g/mol. The topological polar surface area (TPSA) is 32.3 Å². The molecule has 17 heavy (non-hydrogen) atoms. The molecule has 0 radical (unpaired) electrons. The lowest BCUT2D eigenvalue weighted by atomic mass is 9.87. The summed E-state index contributed by atoms with van der Waals surface area (Å²) in [4.78, 5) is 0. The largest absolute Gasteiger partial charge is 0.393 e.